The van der Waals surface area contributed by atoms with E-state index < -0.39 is 0 Å². The quantitative estimate of drug-likeness (QED) is 0.756. The van der Waals surface area contributed by atoms with Gasteiger partial charge in [-0.3, -0.25) is 9.69 Å². The molecule has 2 aromatic rings. The van der Waals surface area contributed by atoms with Crippen LogP contribution in [0.15, 0.2) is 46.9 Å². The summed E-state index contributed by atoms with van der Waals surface area (Å²) in [5.74, 6) is 1.32. The van der Waals surface area contributed by atoms with E-state index in [-0.39, 0.29) is 11.9 Å². The van der Waals surface area contributed by atoms with Crippen molar-refractivity contribution in [1.82, 2.24) is 4.90 Å². The first-order valence-corrected chi connectivity index (χ1v) is 8.71. The molecular formula is C19H23BrN2O3. The van der Waals surface area contributed by atoms with Gasteiger partial charge < -0.3 is 14.8 Å². The molecule has 0 radical (unpaired) electrons. The number of anilines is 1. The SMILES string of the molecule is COc1ccc(CN(C)[C@H](C)C(=O)Nc2ccc(Br)cc2)cc1OC. The average Bonchev–Trinajstić information content (AvgIpc) is 2.62. The Kier molecular flexibility index (Phi) is 6.84. The number of likely N-dealkylation sites (N-methyl/N-ethyl adjacent to an activating group) is 1. The topological polar surface area (TPSA) is 50.8 Å². The van der Waals surface area contributed by atoms with E-state index in [1.165, 1.54) is 0 Å². The highest BCUT2D eigenvalue weighted by Gasteiger charge is 2.19. The zero-order valence-electron chi connectivity index (χ0n) is 14.9. The second kappa shape index (κ2) is 8.87. The summed E-state index contributed by atoms with van der Waals surface area (Å²) in [5, 5.41) is 2.93. The number of hydrogen-bond acceptors (Lipinski definition) is 4. The van der Waals surface area contributed by atoms with Crippen LogP contribution in [0.2, 0.25) is 0 Å². The van der Waals surface area contributed by atoms with E-state index in [1.54, 1.807) is 14.2 Å². The van der Waals surface area contributed by atoms with Gasteiger partial charge >= 0.3 is 0 Å². The number of rotatable bonds is 7. The van der Waals surface area contributed by atoms with Crippen LogP contribution in [-0.2, 0) is 11.3 Å². The Morgan fingerprint density at radius 3 is 2.36 bits per heavy atom. The molecular weight excluding hydrogens is 384 g/mol. The summed E-state index contributed by atoms with van der Waals surface area (Å²) in [6, 6.07) is 13.0. The summed E-state index contributed by atoms with van der Waals surface area (Å²) in [7, 11) is 5.14. The highest BCUT2D eigenvalue weighted by molar-refractivity contribution is 9.10. The van der Waals surface area contributed by atoms with Crippen molar-refractivity contribution in [2.45, 2.75) is 19.5 Å². The van der Waals surface area contributed by atoms with Gasteiger partial charge in [-0.25, -0.2) is 0 Å². The normalized spacial score (nSPS) is 11.9. The van der Waals surface area contributed by atoms with Gasteiger partial charge in [0.1, 0.15) is 0 Å². The van der Waals surface area contributed by atoms with E-state index in [4.69, 9.17) is 9.47 Å². The summed E-state index contributed by atoms with van der Waals surface area (Å²) >= 11 is 3.38. The van der Waals surface area contributed by atoms with Crippen LogP contribution in [0.4, 0.5) is 5.69 Å². The number of benzene rings is 2. The van der Waals surface area contributed by atoms with Crippen LogP contribution in [0, 0.1) is 0 Å². The largest absolute Gasteiger partial charge is 0.493 e. The number of nitrogens with one attached hydrogen (secondary N) is 1. The molecule has 0 saturated heterocycles. The molecule has 0 spiro atoms. The number of nitrogens with zero attached hydrogens (tertiary/aromatic N) is 1. The van der Waals surface area contributed by atoms with Crippen LogP contribution < -0.4 is 14.8 Å². The van der Waals surface area contributed by atoms with Gasteiger partial charge in [-0.05, 0) is 55.9 Å². The number of ether oxygens (including phenoxy) is 2. The third kappa shape index (κ3) is 5.21. The molecule has 0 saturated carbocycles. The molecule has 2 aromatic carbocycles. The Morgan fingerprint density at radius 2 is 1.76 bits per heavy atom. The number of carbonyl (C=O) groups excluding carboxylic acids is 1. The fourth-order valence-corrected chi connectivity index (χ4v) is 2.65. The molecule has 1 amide bonds. The van der Waals surface area contributed by atoms with Gasteiger partial charge in [0, 0.05) is 16.7 Å². The maximum atomic E-state index is 12.4. The second-order valence-electron chi connectivity index (χ2n) is 5.78. The number of halogens is 1. The zero-order valence-corrected chi connectivity index (χ0v) is 16.5. The standard InChI is InChI=1S/C19H23BrN2O3/c1-13(19(23)21-16-8-6-15(20)7-9-16)22(2)12-14-5-10-17(24-3)18(11-14)25-4/h5-11,13H,12H2,1-4H3,(H,21,23)/t13-/m1/s1. The molecule has 5 nitrogen and oxygen atoms in total. The van der Waals surface area contributed by atoms with Crippen molar-refractivity contribution in [1.29, 1.82) is 0 Å². The van der Waals surface area contributed by atoms with Crippen LogP contribution in [0.5, 0.6) is 11.5 Å². The fourth-order valence-electron chi connectivity index (χ4n) is 2.38. The maximum absolute atomic E-state index is 12.4. The molecule has 0 aliphatic rings. The molecule has 0 aromatic heterocycles. The molecule has 2 rings (SSSR count). The lowest BCUT2D eigenvalue weighted by Crippen LogP contribution is -2.39. The van der Waals surface area contributed by atoms with Crippen LogP contribution in [0.1, 0.15) is 12.5 Å². The minimum absolute atomic E-state index is 0.0506. The molecule has 25 heavy (non-hydrogen) atoms. The van der Waals surface area contributed by atoms with E-state index in [1.807, 2.05) is 61.3 Å². The second-order valence-corrected chi connectivity index (χ2v) is 6.69. The van der Waals surface area contributed by atoms with Gasteiger partial charge in [-0.1, -0.05) is 22.0 Å². The Morgan fingerprint density at radius 1 is 1.12 bits per heavy atom. The molecule has 0 unspecified atom stereocenters. The van der Waals surface area contributed by atoms with Crippen LogP contribution in [0.3, 0.4) is 0 Å². The van der Waals surface area contributed by atoms with E-state index >= 15 is 0 Å². The minimum atomic E-state index is -0.281. The van der Waals surface area contributed by atoms with Crippen molar-refractivity contribution in [2.24, 2.45) is 0 Å². The smallest absolute Gasteiger partial charge is 0.241 e. The minimum Gasteiger partial charge on any atom is -0.493 e. The summed E-state index contributed by atoms with van der Waals surface area (Å²) < 4.78 is 11.6. The number of hydrogen-bond donors (Lipinski definition) is 1. The Balaban J connectivity index is 2.00. The molecule has 6 heteroatoms. The van der Waals surface area contributed by atoms with E-state index in [0.717, 1.165) is 15.7 Å². The lowest BCUT2D eigenvalue weighted by Gasteiger charge is -2.24. The van der Waals surface area contributed by atoms with Crippen molar-refractivity contribution in [3.05, 3.63) is 52.5 Å². The van der Waals surface area contributed by atoms with E-state index in [0.29, 0.717) is 18.0 Å². The third-order valence-electron chi connectivity index (χ3n) is 4.03. The van der Waals surface area contributed by atoms with E-state index in [2.05, 4.69) is 21.2 Å². The Bertz CT molecular complexity index is 719. The molecule has 0 aliphatic heterocycles. The predicted molar refractivity (Wildman–Crippen MR) is 103 cm³/mol. The van der Waals surface area contributed by atoms with Crippen molar-refractivity contribution in [3.8, 4) is 11.5 Å². The first-order valence-electron chi connectivity index (χ1n) is 7.92. The van der Waals surface area contributed by atoms with Gasteiger partial charge in [0.25, 0.3) is 0 Å². The molecule has 0 heterocycles. The number of amides is 1. The van der Waals surface area contributed by atoms with Gasteiger partial charge in [0.05, 0.1) is 20.3 Å². The summed E-state index contributed by atoms with van der Waals surface area (Å²) in [4.78, 5) is 14.4. The maximum Gasteiger partial charge on any atom is 0.241 e. The van der Waals surface area contributed by atoms with Crippen molar-refractivity contribution < 1.29 is 14.3 Å². The Hall–Kier alpha value is -2.05. The van der Waals surface area contributed by atoms with Crippen molar-refractivity contribution in [3.63, 3.8) is 0 Å². The lowest BCUT2D eigenvalue weighted by molar-refractivity contribution is -0.120. The van der Waals surface area contributed by atoms with Crippen LogP contribution in [0.25, 0.3) is 0 Å². The number of carbonyl (C=O) groups is 1. The average molecular weight is 407 g/mol. The van der Waals surface area contributed by atoms with Crippen LogP contribution >= 0.6 is 15.9 Å². The van der Waals surface area contributed by atoms with Gasteiger partial charge in [0.15, 0.2) is 11.5 Å². The molecule has 0 bridgehead atoms. The molecule has 134 valence electrons. The molecule has 0 fully saturated rings. The van der Waals surface area contributed by atoms with Gasteiger partial charge in [-0.15, -0.1) is 0 Å². The molecule has 1 atom stereocenters. The highest BCUT2D eigenvalue weighted by Crippen LogP contribution is 2.28. The molecule has 1 N–H and O–H groups in total. The monoisotopic (exact) mass is 406 g/mol. The lowest BCUT2D eigenvalue weighted by atomic mass is 10.1. The van der Waals surface area contributed by atoms with E-state index in [9.17, 15) is 4.79 Å². The summed E-state index contributed by atoms with van der Waals surface area (Å²) in [5.41, 5.74) is 1.82. The number of methoxy groups -OCH3 is 2. The predicted octanol–water partition coefficient (Wildman–Crippen LogP) is 3.93. The highest BCUT2D eigenvalue weighted by atomic mass is 79.9. The van der Waals surface area contributed by atoms with Crippen molar-refractivity contribution >= 4 is 27.5 Å². The van der Waals surface area contributed by atoms with Gasteiger partial charge in [-0.2, -0.15) is 0 Å². The first-order chi connectivity index (χ1) is 11.9. The first kappa shape index (κ1) is 19.3. The summed E-state index contributed by atoms with van der Waals surface area (Å²) in [6.07, 6.45) is 0. The Labute approximate surface area is 157 Å². The fraction of sp³-hybridized carbons (Fsp3) is 0.316. The third-order valence-corrected chi connectivity index (χ3v) is 4.56. The van der Waals surface area contributed by atoms with Gasteiger partial charge in [0.2, 0.25) is 5.91 Å². The summed E-state index contributed by atoms with van der Waals surface area (Å²) in [6.45, 7) is 2.50. The zero-order chi connectivity index (χ0) is 18.4. The van der Waals surface area contributed by atoms with Crippen LogP contribution in [-0.4, -0.2) is 38.1 Å². The van der Waals surface area contributed by atoms with Crippen molar-refractivity contribution in [2.75, 3.05) is 26.6 Å². The molecule has 0 aliphatic carbocycles.